The second-order valence-electron chi connectivity index (χ2n) is 3.96. The molecule has 0 fully saturated rings. The summed E-state index contributed by atoms with van der Waals surface area (Å²) >= 11 is 0. The third kappa shape index (κ3) is 6.48. The first-order valence-electron chi connectivity index (χ1n) is 5.98. The van der Waals surface area contributed by atoms with Gasteiger partial charge in [0.2, 0.25) is 0 Å². The van der Waals surface area contributed by atoms with Crippen LogP contribution in [0, 0.1) is 0 Å². The summed E-state index contributed by atoms with van der Waals surface area (Å²) < 4.78 is 4.95. The highest BCUT2D eigenvalue weighted by Gasteiger charge is 2.24. The molecule has 1 aromatic carbocycles. The number of nitrogens with zero attached hydrogens (tertiary/aromatic N) is 1. The summed E-state index contributed by atoms with van der Waals surface area (Å²) in [6.45, 7) is -0.466. The molecule has 7 nitrogen and oxygen atoms in total. The number of aliphatic hydroxyl groups is 1. The molecule has 0 spiro atoms. The molecule has 8 heteroatoms. The number of aliphatic hydroxyl groups excluding tert-OH is 1. The van der Waals surface area contributed by atoms with Gasteiger partial charge in [0.25, 0.3) is 5.91 Å². The number of rotatable bonds is 6. The number of nitrogens with one attached hydrogen (secondary N) is 1. The van der Waals surface area contributed by atoms with Crippen molar-refractivity contribution < 1.29 is 24.3 Å². The molecular formula is C13H20N2O5S. The Morgan fingerprint density at radius 3 is 2.48 bits per heavy atom. The zero-order valence-corrected chi connectivity index (χ0v) is 12.9. The zero-order valence-electron chi connectivity index (χ0n) is 11.9. The van der Waals surface area contributed by atoms with Crippen molar-refractivity contribution in [1.82, 2.24) is 10.4 Å². The van der Waals surface area contributed by atoms with Gasteiger partial charge in [0.05, 0.1) is 13.7 Å². The first kappa shape index (κ1) is 19.2. The van der Waals surface area contributed by atoms with Crippen molar-refractivity contribution in [1.29, 1.82) is 0 Å². The van der Waals surface area contributed by atoms with E-state index in [0.717, 1.165) is 10.6 Å². The van der Waals surface area contributed by atoms with E-state index in [4.69, 9.17) is 9.84 Å². The zero-order chi connectivity index (χ0) is 15.0. The Balaban J connectivity index is 0.00000400. The van der Waals surface area contributed by atoms with E-state index in [9.17, 15) is 9.59 Å². The molecule has 0 saturated heterocycles. The van der Waals surface area contributed by atoms with Gasteiger partial charge >= 0.3 is 6.09 Å². The Kier molecular flexibility index (Phi) is 9.18. The van der Waals surface area contributed by atoms with E-state index in [0.29, 0.717) is 0 Å². The van der Waals surface area contributed by atoms with Crippen molar-refractivity contribution in [2.75, 3.05) is 20.8 Å². The van der Waals surface area contributed by atoms with Crippen LogP contribution >= 0.6 is 13.5 Å². The predicted octanol–water partition coefficient (Wildman–Crippen LogP) is 0.406. The highest BCUT2D eigenvalue weighted by Crippen LogP contribution is 2.01. The quantitative estimate of drug-likeness (QED) is 0.742. The standard InChI is InChI=1S/C13H18N2O5.H2S/c1-15(19-2)12(17)11(8-16)14-13(18)20-9-10-6-4-3-5-7-10;/h3-7,11,16H,8-9H2,1-2H3,(H,14,18);1H2/t11-;/m0./s1. The molecule has 1 atom stereocenters. The van der Waals surface area contributed by atoms with Crippen molar-refractivity contribution in [2.24, 2.45) is 0 Å². The predicted molar refractivity (Wildman–Crippen MR) is 80.8 cm³/mol. The van der Waals surface area contributed by atoms with Crippen LogP contribution in [-0.4, -0.2) is 49.0 Å². The van der Waals surface area contributed by atoms with Gasteiger partial charge in [-0.25, -0.2) is 9.86 Å². The number of benzene rings is 1. The van der Waals surface area contributed by atoms with Crippen LogP contribution in [0.4, 0.5) is 4.79 Å². The molecule has 0 heterocycles. The molecule has 0 aliphatic carbocycles. The Bertz CT molecular complexity index is 443. The molecule has 0 unspecified atom stereocenters. The fourth-order valence-corrected chi connectivity index (χ4v) is 1.40. The van der Waals surface area contributed by atoms with Crippen LogP contribution in [0.1, 0.15) is 5.56 Å². The third-order valence-corrected chi connectivity index (χ3v) is 2.57. The van der Waals surface area contributed by atoms with Crippen molar-refractivity contribution in [2.45, 2.75) is 12.6 Å². The third-order valence-electron chi connectivity index (χ3n) is 2.57. The summed E-state index contributed by atoms with van der Waals surface area (Å²) in [6, 6.07) is 8.00. The highest BCUT2D eigenvalue weighted by atomic mass is 32.1. The average molecular weight is 316 g/mol. The van der Waals surface area contributed by atoms with E-state index in [-0.39, 0.29) is 20.1 Å². The number of carbonyl (C=O) groups excluding carboxylic acids is 2. The van der Waals surface area contributed by atoms with Gasteiger partial charge in [-0.3, -0.25) is 9.63 Å². The maximum absolute atomic E-state index is 11.7. The fourth-order valence-electron chi connectivity index (χ4n) is 1.40. The highest BCUT2D eigenvalue weighted by molar-refractivity contribution is 7.59. The van der Waals surface area contributed by atoms with E-state index >= 15 is 0 Å². The van der Waals surface area contributed by atoms with E-state index < -0.39 is 24.6 Å². The molecule has 1 aromatic rings. The van der Waals surface area contributed by atoms with Crippen LogP contribution in [0.5, 0.6) is 0 Å². The smallest absolute Gasteiger partial charge is 0.408 e. The number of amides is 2. The average Bonchev–Trinajstić information content (AvgIpc) is 2.50. The molecule has 0 radical (unpaired) electrons. The molecule has 0 aromatic heterocycles. The van der Waals surface area contributed by atoms with E-state index in [1.165, 1.54) is 14.2 Å². The molecule has 2 amide bonds. The normalized spacial score (nSPS) is 11.0. The van der Waals surface area contributed by atoms with E-state index in [2.05, 4.69) is 10.2 Å². The lowest BCUT2D eigenvalue weighted by molar-refractivity contribution is -0.171. The van der Waals surface area contributed by atoms with Gasteiger partial charge < -0.3 is 15.2 Å². The lowest BCUT2D eigenvalue weighted by Crippen LogP contribution is -2.49. The van der Waals surface area contributed by atoms with Crippen LogP contribution in [-0.2, 0) is 21.0 Å². The Labute approximate surface area is 130 Å². The minimum Gasteiger partial charge on any atom is -0.445 e. The topological polar surface area (TPSA) is 88.1 Å². The Hall–Kier alpha value is -1.77. The summed E-state index contributed by atoms with van der Waals surface area (Å²) in [4.78, 5) is 27.9. The number of carbonyl (C=O) groups is 2. The first-order valence-corrected chi connectivity index (χ1v) is 5.98. The van der Waals surface area contributed by atoms with Gasteiger partial charge in [-0.05, 0) is 5.56 Å². The monoisotopic (exact) mass is 316 g/mol. The summed E-state index contributed by atoms with van der Waals surface area (Å²) in [5.41, 5.74) is 0.823. The van der Waals surface area contributed by atoms with Crippen LogP contribution < -0.4 is 5.32 Å². The Morgan fingerprint density at radius 1 is 1.33 bits per heavy atom. The SMILES string of the molecule is CON(C)C(=O)[C@H](CO)NC(=O)OCc1ccccc1.S. The summed E-state index contributed by atoms with van der Waals surface area (Å²) in [5, 5.41) is 12.3. The largest absolute Gasteiger partial charge is 0.445 e. The number of ether oxygens (including phenoxy) is 1. The van der Waals surface area contributed by atoms with Gasteiger partial charge in [0.1, 0.15) is 12.6 Å². The van der Waals surface area contributed by atoms with Crippen molar-refractivity contribution in [3.05, 3.63) is 35.9 Å². The molecule has 2 N–H and O–H groups in total. The number of hydroxylamine groups is 2. The van der Waals surface area contributed by atoms with Gasteiger partial charge in [0.15, 0.2) is 0 Å². The second-order valence-corrected chi connectivity index (χ2v) is 3.96. The molecular weight excluding hydrogens is 296 g/mol. The maximum atomic E-state index is 11.7. The van der Waals surface area contributed by atoms with Crippen molar-refractivity contribution in [3.63, 3.8) is 0 Å². The molecule has 0 saturated carbocycles. The fraction of sp³-hybridized carbons (Fsp3) is 0.385. The molecule has 0 aliphatic rings. The Morgan fingerprint density at radius 2 is 1.95 bits per heavy atom. The number of alkyl carbamates (subject to hydrolysis) is 1. The molecule has 118 valence electrons. The maximum Gasteiger partial charge on any atom is 0.408 e. The molecule has 1 rings (SSSR count). The minimum atomic E-state index is -1.11. The summed E-state index contributed by atoms with van der Waals surface area (Å²) in [5.74, 6) is -0.577. The lowest BCUT2D eigenvalue weighted by Gasteiger charge is -2.20. The van der Waals surface area contributed by atoms with E-state index in [1.54, 1.807) is 12.1 Å². The lowest BCUT2D eigenvalue weighted by atomic mass is 10.2. The number of hydrogen-bond donors (Lipinski definition) is 2. The molecule has 0 bridgehead atoms. The summed E-state index contributed by atoms with van der Waals surface area (Å²) in [6.07, 6.45) is -0.786. The summed E-state index contributed by atoms with van der Waals surface area (Å²) in [7, 11) is 2.68. The molecule has 0 aliphatic heterocycles. The van der Waals surface area contributed by atoms with Crippen molar-refractivity contribution >= 4 is 25.5 Å². The number of likely N-dealkylation sites (N-methyl/N-ethyl adjacent to an activating group) is 1. The minimum absolute atomic E-state index is 0. The van der Waals surface area contributed by atoms with E-state index in [1.807, 2.05) is 18.2 Å². The van der Waals surface area contributed by atoms with Crippen LogP contribution in [0.25, 0.3) is 0 Å². The van der Waals surface area contributed by atoms with Crippen LogP contribution in [0.15, 0.2) is 30.3 Å². The van der Waals surface area contributed by atoms with Crippen molar-refractivity contribution in [3.8, 4) is 0 Å². The second kappa shape index (κ2) is 10.0. The van der Waals surface area contributed by atoms with Gasteiger partial charge in [-0.2, -0.15) is 13.5 Å². The van der Waals surface area contributed by atoms with Gasteiger partial charge in [0, 0.05) is 7.05 Å². The van der Waals surface area contributed by atoms with Gasteiger partial charge in [-0.15, -0.1) is 0 Å². The van der Waals surface area contributed by atoms with Gasteiger partial charge in [-0.1, -0.05) is 30.3 Å². The van der Waals surface area contributed by atoms with Crippen LogP contribution in [0.3, 0.4) is 0 Å². The van der Waals surface area contributed by atoms with Crippen LogP contribution in [0.2, 0.25) is 0 Å². The molecule has 21 heavy (non-hydrogen) atoms. The number of hydrogen-bond acceptors (Lipinski definition) is 5. The first-order chi connectivity index (χ1) is 9.58.